The minimum atomic E-state index is -0.431. The molecule has 1 aliphatic rings. The van der Waals surface area contributed by atoms with Crippen molar-refractivity contribution in [2.75, 3.05) is 13.1 Å². The van der Waals surface area contributed by atoms with Gasteiger partial charge in [-0.3, -0.25) is 0 Å². The van der Waals surface area contributed by atoms with Crippen LogP contribution in [0.4, 0.5) is 4.79 Å². The zero-order valence-corrected chi connectivity index (χ0v) is 17.8. The first kappa shape index (κ1) is 22.8. The van der Waals surface area contributed by atoms with Crippen LogP contribution in [0.25, 0.3) is 12.7 Å². The highest BCUT2D eigenvalue weighted by atomic mass is 16.6. The Balaban J connectivity index is 0.00000176. The summed E-state index contributed by atoms with van der Waals surface area (Å²) in [7, 11) is 0. The molecule has 0 aliphatic carbocycles. The van der Waals surface area contributed by atoms with E-state index in [9.17, 15) is 4.79 Å². The lowest BCUT2D eigenvalue weighted by Gasteiger charge is -2.33. The van der Waals surface area contributed by atoms with E-state index in [-0.39, 0.29) is 6.09 Å². The molecule has 1 aliphatic heterocycles. The number of rotatable bonds is 3. The Morgan fingerprint density at radius 2 is 1.85 bits per heavy atom. The zero-order chi connectivity index (χ0) is 20.6. The van der Waals surface area contributed by atoms with Gasteiger partial charge < -0.3 is 14.2 Å². The average molecular weight is 373 g/mol. The van der Waals surface area contributed by atoms with Crippen LogP contribution in [0.15, 0.2) is 37.1 Å². The number of hydrogen-bond donors (Lipinski definition) is 0. The first-order valence-corrected chi connectivity index (χ1v) is 9.63. The minimum Gasteiger partial charge on any atom is -0.444 e. The molecule has 0 N–H and O–H groups in total. The summed E-state index contributed by atoms with van der Waals surface area (Å²) in [6.45, 7) is 22.6. The van der Waals surface area contributed by atoms with E-state index in [0.29, 0.717) is 5.92 Å². The zero-order valence-electron chi connectivity index (χ0n) is 17.8. The highest BCUT2D eigenvalue weighted by Gasteiger charge is 2.26. The van der Waals surface area contributed by atoms with E-state index in [2.05, 4.69) is 62.6 Å². The number of carbonyl (C=O) groups is 1. The fourth-order valence-electron chi connectivity index (χ4n) is 3.04. The summed E-state index contributed by atoms with van der Waals surface area (Å²) < 4.78 is 7.76. The van der Waals surface area contributed by atoms with Crippen molar-refractivity contribution in [1.29, 1.82) is 0 Å². The van der Waals surface area contributed by atoms with Crippen molar-refractivity contribution in [3.63, 3.8) is 0 Å². The second kappa shape index (κ2) is 10.2. The van der Waals surface area contributed by atoms with Crippen LogP contribution in [0.3, 0.4) is 0 Å². The van der Waals surface area contributed by atoms with Crippen LogP contribution in [0.2, 0.25) is 0 Å². The van der Waals surface area contributed by atoms with Crippen LogP contribution in [0.1, 0.15) is 47.5 Å². The summed E-state index contributed by atoms with van der Waals surface area (Å²) in [5.74, 6) is 0.573. The largest absolute Gasteiger partial charge is 0.444 e. The number of piperidine rings is 1. The molecule has 0 unspecified atom stereocenters. The SMILES string of the molecule is C=C.C=c1ccn(CC2CCN(C(=O)OC(C)(C)C)CC2)/c1=C/C=C(C)C. The molecule has 1 amide bonds. The first-order chi connectivity index (χ1) is 12.7. The monoisotopic (exact) mass is 372 g/mol. The Labute approximate surface area is 164 Å². The molecule has 1 fully saturated rings. The fraction of sp³-hybridized carbons (Fsp3) is 0.522. The van der Waals surface area contributed by atoms with Gasteiger partial charge in [-0.1, -0.05) is 18.2 Å². The summed E-state index contributed by atoms with van der Waals surface area (Å²) in [6, 6.07) is 2.07. The third-order valence-corrected chi connectivity index (χ3v) is 4.39. The van der Waals surface area contributed by atoms with Gasteiger partial charge >= 0.3 is 6.09 Å². The average Bonchev–Trinajstić information content (AvgIpc) is 2.93. The van der Waals surface area contributed by atoms with Gasteiger partial charge in [0.1, 0.15) is 5.60 Å². The molecule has 27 heavy (non-hydrogen) atoms. The number of nitrogens with zero attached hydrogens (tertiary/aromatic N) is 2. The van der Waals surface area contributed by atoms with Gasteiger partial charge in [0.15, 0.2) is 0 Å². The minimum absolute atomic E-state index is 0.190. The van der Waals surface area contributed by atoms with Crippen LogP contribution in [0, 0.1) is 5.92 Å². The van der Waals surface area contributed by atoms with E-state index in [1.54, 1.807) is 0 Å². The van der Waals surface area contributed by atoms with Crippen LogP contribution < -0.4 is 10.6 Å². The second-order valence-corrected chi connectivity index (χ2v) is 8.20. The van der Waals surface area contributed by atoms with Crippen LogP contribution >= 0.6 is 0 Å². The highest BCUT2D eigenvalue weighted by Crippen LogP contribution is 2.20. The van der Waals surface area contributed by atoms with Crippen LogP contribution in [-0.4, -0.2) is 34.3 Å². The van der Waals surface area contributed by atoms with Crippen LogP contribution in [0.5, 0.6) is 0 Å². The maximum atomic E-state index is 12.2. The fourth-order valence-corrected chi connectivity index (χ4v) is 3.04. The standard InChI is InChI=1S/C21H32N2O2.C2H4/c1-16(2)7-8-19-17(3)9-12-23(19)15-18-10-13-22(14-11-18)20(24)25-21(4,5)6;1-2/h7-9,12,18H,3,10-11,13-15H2,1-2,4-6H3;1-2H2/b19-8+;. The Kier molecular flexibility index (Phi) is 8.61. The van der Waals surface area contributed by atoms with Crippen molar-refractivity contribution in [3.8, 4) is 0 Å². The molecule has 0 radical (unpaired) electrons. The number of hydrogen-bond acceptors (Lipinski definition) is 2. The van der Waals surface area contributed by atoms with E-state index >= 15 is 0 Å². The smallest absolute Gasteiger partial charge is 0.410 e. The summed E-state index contributed by atoms with van der Waals surface area (Å²) in [6.07, 6.45) is 8.22. The lowest BCUT2D eigenvalue weighted by atomic mass is 9.97. The highest BCUT2D eigenvalue weighted by molar-refractivity contribution is 5.68. The molecule has 0 atom stereocenters. The van der Waals surface area contributed by atoms with Crippen molar-refractivity contribution in [3.05, 3.63) is 47.6 Å². The van der Waals surface area contributed by atoms with E-state index < -0.39 is 5.60 Å². The molecule has 0 bridgehead atoms. The number of ether oxygens (including phenoxy) is 1. The van der Waals surface area contributed by atoms with Gasteiger partial charge in [-0.05, 0) is 70.7 Å². The Hall–Kier alpha value is -2.23. The number of amides is 1. The molecule has 0 aromatic carbocycles. The van der Waals surface area contributed by atoms with Crippen molar-refractivity contribution in [2.45, 2.75) is 59.6 Å². The van der Waals surface area contributed by atoms with E-state index in [1.807, 2.05) is 25.7 Å². The summed E-state index contributed by atoms with van der Waals surface area (Å²) in [5.41, 5.74) is 0.844. The molecule has 4 heteroatoms. The molecule has 4 nitrogen and oxygen atoms in total. The Morgan fingerprint density at radius 3 is 2.37 bits per heavy atom. The van der Waals surface area contributed by atoms with Gasteiger partial charge in [0.25, 0.3) is 0 Å². The summed E-state index contributed by atoms with van der Waals surface area (Å²) in [4.78, 5) is 14.0. The summed E-state index contributed by atoms with van der Waals surface area (Å²) >= 11 is 0. The third-order valence-electron chi connectivity index (χ3n) is 4.39. The predicted molar refractivity (Wildman–Crippen MR) is 115 cm³/mol. The van der Waals surface area contributed by atoms with Gasteiger partial charge in [0, 0.05) is 31.2 Å². The lowest BCUT2D eigenvalue weighted by molar-refractivity contribution is 0.0178. The summed E-state index contributed by atoms with van der Waals surface area (Å²) in [5, 5.41) is 2.24. The molecule has 2 rings (SSSR count). The Morgan fingerprint density at radius 1 is 1.26 bits per heavy atom. The first-order valence-electron chi connectivity index (χ1n) is 9.63. The van der Waals surface area contributed by atoms with Crippen molar-refractivity contribution in [2.24, 2.45) is 5.92 Å². The van der Waals surface area contributed by atoms with E-state index in [1.165, 1.54) is 10.9 Å². The molecular formula is C23H36N2O2. The maximum Gasteiger partial charge on any atom is 0.410 e. The molecule has 2 heterocycles. The van der Waals surface area contributed by atoms with E-state index in [0.717, 1.165) is 37.7 Å². The molecule has 0 spiro atoms. The van der Waals surface area contributed by atoms with Gasteiger partial charge in [-0.25, -0.2) is 4.79 Å². The van der Waals surface area contributed by atoms with E-state index in [4.69, 9.17) is 4.74 Å². The topological polar surface area (TPSA) is 34.5 Å². The molecule has 1 aromatic heterocycles. The second-order valence-electron chi connectivity index (χ2n) is 8.20. The van der Waals surface area contributed by atoms with Crippen molar-refractivity contribution >= 4 is 18.7 Å². The number of carbonyl (C=O) groups excluding carboxylic acids is 1. The number of allylic oxidation sites excluding steroid dienone is 2. The van der Waals surface area contributed by atoms with Crippen molar-refractivity contribution in [1.82, 2.24) is 9.47 Å². The quantitative estimate of drug-likeness (QED) is 0.749. The van der Waals surface area contributed by atoms with Gasteiger partial charge in [-0.15, -0.1) is 13.2 Å². The normalized spacial score (nSPS) is 15.7. The van der Waals surface area contributed by atoms with Gasteiger partial charge in [-0.2, -0.15) is 0 Å². The molecule has 1 saturated heterocycles. The predicted octanol–water partition coefficient (Wildman–Crippen LogP) is 4.09. The van der Waals surface area contributed by atoms with Gasteiger partial charge in [0.05, 0.1) is 0 Å². The molecular weight excluding hydrogens is 336 g/mol. The molecule has 1 aromatic rings. The molecule has 0 saturated carbocycles. The van der Waals surface area contributed by atoms with Crippen molar-refractivity contribution < 1.29 is 9.53 Å². The third kappa shape index (κ3) is 7.49. The lowest BCUT2D eigenvalue weighted by Crippen LogP contribution is -2.42. The maximum absolute atomic E-state index is 12.2. The number of likely N-dealkylation sites (tertiary alicyclic amines) is 1. The molecule has 150 valence electrons. The van der Waals surface area contributed by atoms with Crippen LogP contribution in [-0.2, 0) is 11.3 Å². The van der Waals surface area contributed by atoms with Gasteiger partial charge in [0.2, 0.25) is 0 Å². The Bertz CT molecular complexity index is 740. The number of aromatic nitrogens is 1.